The lowest BCUT2D eigenvalue weighted by Gasteiger charge is -2.36. The Hall–Kier alpha value is -4.25. The number of ketones is 1. The molecule has 4 aromatic carbocycles. The second kappa shape index (κ2) is 12.4. The van der Waals surface area contributed by atoms with Gasteiger partial charge in [0, 0.05) is 12.1 Å². The Labute approximate surface area is 263 Å². The maximum atomic E-state index is 14.6. The normalized spacial score (nSPS) is 16.5. The van der Waals surface area contributed by atoms with Gasteiger partial charge in [-0.15, -0.1) is 12.4 Å². The Kier molecular flexibility index (Phi) is 9.20. The quantitative estimate of drug-likeness (QED) is 0.273. The van der Waals surface area contributed by atoms with E-state index in [1.165, 1.54) is 49.5 Å². The van der Waals surface area contributed by atoms with Crippen molar-refractivity contribution < 1.29 is 22.8 Å². The number of hydrogen-bond donors (Lipinski definition) is 2. The molecule has 3 N–H and O–H groups in total. The number of benzene rings is 4. The number of hydrogen-bond acceptors (Lipinski definition) is 6. The van der Waals surface area contributed by atoms with Gasteiger partial charge in [0.2, 0.25) is 11.8 Å². The van der Waals surface area contributed by atoms with Crippen LogP contribution in [-0.2, 0) is 26.2 Å². The number of nitrogens with two attached hydrogens (primary N) is 1. The van der Waals surface area contributed by atoms with Crippen molar-refractivity contribution in [3.8, 4) is 0 Å². The van der Waals surface area contributed by atoms with Gasteiger partial charge in [-0.1, -0.05) is 60.7 Å². The van der Waals surface area contributed by atoms with Gasteiger partial charge in [-0.05, 0) is 74.0 Å². The third-order valence-electron chi connectivity index (χ3n) is 8.52. The number of Topliss-reactive ketones (excluding diaryl/α,β-unsaturated/α-hetero) is 1. The minimum Gasteiger partial charge on any atom is -0.368 e. The number of nitrogens with zero attached hydrogens (tertiary/aromatic N) is 2. The van der Waals surface area contributed by atoms with Crippen molar-refractivity contribution in [3.05, 3.63) is 102 Å². The van der Waals surface area contributed by atoms with E-state index in [0.717, 1.165) is 21.9 Å². The molecule has 0 spiro atoms. The lowest BCUT2D eigenvalue weighted by Crippen LogP contribution is -2.63. The lowest BCUT2D eigenvalue weighted by atomic mass is 9.83. The first-order chi connectivity index (χ1) is 20.4. The van der Waals surface area contributed by atoms with E-state index >= 15 is 0 Å². The number of carbonyl (C=O) groups excluding carboxylic acids is 3. The van der Waals surface area contributed by atoms with Crippen molar-refractivity contribution in [2.24, 2.45) is 11.7 Å². The topological polar surface area (TPSA) is 130 Å². The van der Waals surface area contributed by atoms with Crippen LogP contribution in [0.25, 0.3) is 10.8 Å². The van der Waals surface area contributed by atoms with E-state index in [1.807, 2.05) is 43.3 Å². The van der Waals surface area contributed by atoms with Crippen LogP contribution in [0, 0.1) is 12.8 Å². The van der Waals surface area contributed by atoms with Crippen molar-refractivity contribution in [2.75, 3.05) is 22.8 Å². The fourth-order valence-corrected chi connectivity index (χ4v) is 7.14. The molecular weight excluding hydrogens is 600 g/mol. The minimum atomic E-state index is -4.27. The molecule has 230 valence electrons. The molecule has 0 saturated heterocycles. The standard InChI is InChI=1S/C33H34N4O5S.ClH/c1-21-13-14-24-9-5-6-10-26(24)27(21)19-36-29-11-7-8-12-30(29)37(20-28(31(36)39)33(3,35-4)32(34)40)43(41,42)25-17-15-23(16-18-25)22(2)38;/h5-18,28,35H,19-20H2,1-4H3,(H2,34,40);1H/t28-,33?;/m1./s1. The minimum absolute atomic E-state index is 0. The maximum absolute atomic E-state index is 14.6. The Morgan fingerprint density at radius 1 is 0.955 bits per heavy atom. The molecule has 9 nitrogen and oxygen atoms in total. The molecule has 2 amide bonds. The van der Waals surface area contributed by atoms with Crippen LogP contribution in [0.4, 0.5) is 11.4 Å². The summed E-state index contributed by atoms with van der Waals surface area (Å²) in [6.07, 6.45) is 0. The number of likely N-dealkylation sites (N-methyl/N-ethyl adjacent to an activating group) is 1. The molecule has 44 heavy (non-hydrogen) atoms. The Morgan fingerprint density at radius 3 is 2.18 bits per heavy atom. The molecule has 1 unspecified atom stereocenters. The van der Waals surface area contributed by atoms with Gasteiger partial charge in [-0.2, -0.15) is 0 Å². The van der Waals surface area contributed by atoms with Crippen molar-refractivity contribution in [2.45, 2.75) is 37.8 Å². The number of rotatable bonds is 8. The highest BCUT2D eigenvalue weighted by Gasteiger charge is 2.49. The zero-order valence-electron chi connectivity index (χ0n) is 24.9. The highest BCUT2D eigenvalue weighted by Crippen LogP contribution is 2.41. The van der Waals surface area contributed by atoms with E-state index in [9.17, 15) is 22.8 Å². The third-order valence-corrected chi connectivity index (χ3v) is 10.3. The Morgan fingerprint density at radius 2 is 1.57 bits per heavy atom. The summed E-state index contributed by atoms with van der Waals surface area (Å²) in [7, 11) is -2.75. The molecule has 0 bridgehead atoms. The van der Waals surface area contributed by atoms with Crippen molar-refractivity contribution >= 4 is 62.2 Å². The fourth-order valence-electron chi connectivity index (χ4n) is 5.64. The predicted octanol–water partition coefficient (Wildman–Crippen LogP) is 4.59. The molecule has 4 aromatic rings. The lowest BCUT2D eigenvalue weighted by molar-refractivity contribution is -0.133. The molecule has 11 heteroatoms. The number of sulfonamides is 1. The van der Waals surface area contributed by atoms with E-state index in [2.05, 4.69) is 5.32 Å². The van der Waals surface area contributed by atoms with Crippen molar-refractivity contribution in [3.63, 3.8) is 0 Å². The van der Waals surface area contributed by atoms with E-state index in [-0.39, 0.29) is 41.9 Å². The molecule has 0 saturated carbocycles. The summed E-state index contributed by atoms with van der Waals surface area (Å²) in [6.45, 7) is 4.67. The van der Waals surface area contributed by atoms with Crippen LogP contribution < -0.4 is 20.3 Å². The average molecular weight is 635 g/mol. The van der Waals surface area contributed by atoms with Crippen LogP contribution in [0.2, 0.25) is 0 Å². The number of aryl methyl sites for hydroxylation is 1. The maximum Gasteiger partial charge on any atom is 0.264 e. The van der Waals surface area contributed by atoms with Crippen LogP contribution in [-0.4, -0.2) is 45.1 Å². The summed E-state index contributed by atoms with van der Waals surface area (Å²) >= 11 is 0. The number of anilines is 2. The number of fused-ring (bicyclic) bond motifs is 2. The SMILES string of the molecule is CNC(C)(C(N)=O)[C@@H]1CN(S(=O)(=O)c2ccc(C(C)=O)cc2)c2ccccc2N(Cc2c(C)ccc3ccccc23)C1=O.Cl. The van der Waals surface area contributed by atoms with Gasteiger partial charge in [0.25, 0.3) is 10.0 Å². The van der Waals surface area contributed by atoms with Crippen LogP contribution >= 0.6 is 12.4 Å². The number of nitrogens with one attached hydrogen (secondary N) is 1. The summed E-state index contributed by atoms with van der Waals surface area (Å²) in [5, 5.41) is 4.88. The molecule has 1 aliphatic rings. The first kappa shape index (κ1) is 32.7. The first-order valence-electron chi connectivity index (χ1n) is 13.9. The molecule has 0 fully saturated rings. The molecular formula is C33H35ClN4O5S. The number of carbonyl (C=O) groups is 3. The predicted molar refractivity (Wildman–Crippen MR) is 175 cm³/mol. The number of halogens is 1. The molecule has 0 aliphatic carbocycles. The molecule has 5 rings (SSSR count). The first-order valence-corrected chi connectivity index (χ1v) is 15.3. The van der Waals surface area contributed by atoms with Crippen LogP contribution in [0.3, 0.4) is 0 Å². The third kappa shape index (κ3) is 5.56. The molecule has 1 aliphatic heterocycles. The van der Waals surface area contributed by atoms with Gasteiger partial charge < -0.3 is 16.0 Å². The van der Waals surface area contributed by atoms with Crippen molar-refractivity contribution in [1.82, 2.24) is 5.32 Å². The van der Waals surface area contributed by atoms with Crippen molar-refractivity contribution in [1.29, 1.82) is 0 Å². The fraction of sp³-hybridized carbons (Fsp3) is 0.242. The Bertz CT molecular complexity index is 1860. The van der Waals surface area contributed by atoms with Gasteiger partial charge in [0.1, 0.15) is 5.54 Å². The number of primary amides is 1. The average Bonchev–Trinajstić information content (AvgIpc) is 3.12. The second-order valence-corrected chi connectivity index (χ2v) is 12.8. The summed E-state index contributed by atoms with van der Waals surface area (Å²) < 4.78 is 29.7. The van der Waals surface area contributed by atoms with Gasteiger partial charge in [-0.3, -0.25) is 18.7 Å². The van der Waals surface area contributed by atoms with Crippen LogP contribution in [0.5, 0.6) is 0 Å². The Balaban J connectivity index is 0.00000442. The van der Waals surface area contributed by atoms with Crippen LogP contribution in [0.1, 0.15) is 35.3 Å². The second-order valence-electron chi connectivity index (χ2n) is 11.0. The monoisotopic (exact) mass is 634 g/mol. The van der Waals surface area contributed by atoms with Gasteiger partial charge in [0.05, 0.1) is 28.7 Å². The van der Waals surface area contributed by atoms with E-state index in [0.29, 0.717) is 11.3 Å². The van der Waals surface area contributed by atoms with E-state index in [4.69, 9.17) is 5.73 Å². The largest absolute Gasteiger partial charge is 0.368 e. The molecule has 0 radical (unpaired) electrons. The summed E-state index contributed by atoms with van der Waals surface area (Å²) in [4.78, 5) is 40.9. The smallest absolute Gasteiger partial charge is 0.264 e. The highest BCUT2D eigenvalue weighted by atomic mass is 35.5. The van der Waals surface area contributed by atoms with Gasteiger partial charge in [-0.25, -0.2) is 8.42 Å². The van der Waals surface area contributed by atoms with E-state index < -0.39 is 33.3 Å². The number of amides is 2. The zero-order chi connectivity index (χ0) is 31.1. The molecule has 0 aromatic heterocycles. The van der Waals surface area contributed by atoms with E-state index in [1.54, 1.807) is 29.2 Å². The molecule has 1 heterocycles. The zero-order valence-corrected chi connectivity index (χ0v) is 26.5. The van der Waals surface area contributed by atoms with Crippen LogP contribution in [0.15, 0.2) is 89.8 Å². The summed E-state index contributed by atoms with van der Waals surface area (Å²) in [5.74, 6) is -2.62. The summed E-state index contributed by atoms with van der Waals surface area (Å²) in [5.41, 5.74) is 7.19. The summed E-state index contributed by atoms with van der Waals surface area (Å²) in [6, 6.07) is 24.3. The molecule has 2 atom stereocenters. The number of para-hydroxylation sites is 2. The van der Waals surface area contributed by atoms with Gasteiger partial charge in [0.15, 0.2) is 5.78 Å². The van der Waals surface area contributed by atoms with Gasteiger partial charge >= 0.3 is 0 Å². The highest BCUT2D eigenvalue weighted by molar-refractivity contribution is 7.92.